The normalized spacial score (nSPS) is 20.1. The van der Waals surface area contributed by atoms with E-state index in [0.717, 1.165) is 25.7 Å². The van der Waals surface area contributed by atoms with Gasteiger partial charge in [0.15, 0.2) is 0 Å². The van der Waals surface area contributed by atoms with Gasteiger partial charge in [-0.05, 0) is 64.2 Å². The Balaban J connectivity index is 2.58. The summed E-state index contributed by atoms with van der Waals surface area (Å²) in [6, 6.07) is -0.633. The molecule has 1 aliphatic carbocycles. The summed E-state index contributed by atoms with van der Waals surface area (Å²) in [5.41, 5.74) is -0.199. The third-order valence-corrected chi connectivity index (χ3v) is 4.20. The molecule has 1 saturated carbocycles. The van der Waals surface area contributed by atoms with E-state index in [9.17, 15) is 9.59 Å². The molecule has 128 valence electrons. The molecule has 0 spiro atoms. The number of carbonyl (C=O) groups excluding carboxylic acids is 2. The van der Waals surface area contributed by atoms with Crippen LogP contribution >= 0.6 is 0 Å². The molecular formula is C17H31NO4. The highest BCUT2D eigenvalue weighted by molar-refractivity contribution is 5.81. The predicted octanol–water partition coefficient (Wildman–Crippen LogP) is 3.66. The molecule has 5 nitrogen and oxygen atoms in total. The molecule has 1 N–H and O–H groups in total. The molecule has 0 aromatic heterocycles. The summed E-state index contributed by atoms with van der Waals surface area (Å²) in [6.07, 6.45) is 4.50. The van der Waals surface area contributed by atoms with Gasteiger partial charge in [-0.1, -0.05) is 13.8 Å². The SMILES string of the molecule is COC(=O)C(CC1CCC(C)(C)CC1)NC(=O)OC(C)(C)C. The zero-order valence-corrected chi connectivity index (χ0v) is 14.8. The Kier molecular flexibility index (Phi) is 6.27. The quantitative estimate of drug-likeness (QED) is 0.804. The molecular weight excluding hydrogens is 282 g/mol. The number of hydrogen-bond donors (Lipinski definition) is 1. The average molecular weight is 313 g/mol. The number of hydrogen-bond acceptors (Lipinski definition) is 4. The van der Waals surface area contributed by atoms with Crippen molar-refractivity contribution in [3.8, 4) is 0 Å². The Morgan fingerprint density at radius 3 is 2.23 bits per heavy atom. The van der Waals surface area contributed by atoms with Crippen LogP contribution in [0.1, 0.15) is 66.7 Å². The fourth-order valence-corrected chi connectivity index (χ4v) is 2.83. The molecule has 0 bridgehead atoms. The minimum absolute atomic E-state index is 0.385. The average Bonchev–Trinajstić information content (AvgIpc) is 2.37. The highest BCUT2D eigenvalue weighted by Crippen LogP contribution is 2.39. The zero-order valence-electron chi connectivity index (χ0n) is 14.8. The lowest BCUT2D eigenvalue weighted by atomic mass is 9.71. The largest absolute Gasteiger partial charge is 0.467 e. The van der Waals surface area contributed by atoms with Crippen molar-refractivity contribution in [1.82, 2.24) is 5.32 Å². The number of alkyl carbamates (subject to hydrolysis) is 1. The molecule has 1 aliphatic rings. The second-order valence-electron chi connectivity index (χ2n) is 8.07. The van der Waals surface area contributed by atoms with Gasteiger partial charge in [0.1, 0.15) is 11.6 Å². The van der Waals surface area contributed by atoms with Crippen LogP contribution in [0.4, 0.5) is 4.79 Å². The van der Waals surface area contributed by atoms with E-state index in [1.54, 1.807) is 20.8 Å². The first-order valence-electron chi connectivity index (χ1n) is 8.10. The van der Waals surface area contributed by atoms with E-state index >= 15 is 0 Å². The van der Waals surface area contributed by atoms with Crippen LogP contribution < -0.4 is 5.32 Å². The Morgan fingerprint density at radius 1 is 1.23 bits per heavy atom. The number of esters is 1. The maximum Gasteiger partial charge on any atom is 0.408 e. The van der Waals surface area contributed by atoms with Crippen LogP contribution in [-0.4, -0.2) is 30.8 Å². The smallest absolute Gasteiger partial charge is 0.408 e. The Morgan fingerprint density at radius 2 is 1.77 bits per heavy atom. The predicted molar refractivity (Wildman–Crippen MR) is 85.5 cm³/mol. The topological polar surface area (TPSA) is 64.6 Å². The summed E-state index contributed by atoms with van der Waals surface area (Å²) >= 11 is 0. The highest BCUT2D eigenvalue weighted by Gasteiger charge is 2.32. The maximum atomic E-state index is 11.9. The number of amides is 1. The Labute approximate surface area is 134 Å². The minimum atomic E-state index is -0.633. The number of carbonyl (C=O) groups is 2. The summed E-state index contributed by atoms with van der Waals surface area (Å²) in [5, 5.41) is 2.66. The van der Waals surface area contributed by atoms with Crippen molar-refractivity contribution >= 4 is 12.1 Å². The van der Waals surface area contributed by atoms with Crippen molar-refractivity contribution in [1.29, 1.82) is 0 Å². The molecule has 0 aliphatic heterocycles. The van der Waals surface area contributed by atoms with Crippen LogP contribution in [0.2, 0.25) is 0 Å². The maximum absolute atomic E-state index is 11.9. The van der Waals surface area contributed by atoms with E-state index in [4.69, 9.17) is 9.47 Å². The van der Waals surface area contributed by atoms with Gasteiger partial charge in [-0.3, -0.25) is 0 Å². The standard InChI is InChI=1S/C17H31NO4/c1-16(2,3)22-15(20)18-13(14(19)21-6)11-12-7-9-17(4,5)10-8-12/h12-13H,7-11H2,1-6H3,(H,18,20). The lowest BCUT2D eigenvalue weighted by Crippen LogP contribution is -2.45. The van der Waals surface area contributed by atoms with Gasteiger partial charge < -0.3 is 14.8 Å². The minimum Gasteiger partial charge on any atom is -0.467 e. The van der Waals surface area contributed by atoms with Gasteiger partial charge in [0.05, 0.1) is 7.11 Å². The molecule has 1 fully saturated rings. The number of nitrogens with one attached hydrogen (secondary N) is 1. The van der Waals surface area contributed by atoms with Gasteiger partial charge in [0, 0.05) is 0 Å². The molecule has 0 radical (unpaired) electrons. The van der Waals surface area contributed by atoms with Gasteiger partial charge in [-0.2, -0.15) is 0 Å². The van der Waals surface area contributed by atoms with E-state index in [1.807, 2.05) is 0 Å². The Bertz CT molecular complexity index is 388. The molecule has 22 heavy (non-hydrogen) atoms. The lowest BCUT2D eigenvalue weighted by molar-refractivity contribution is -0.143. The van der Waals surface area contributed by atoms with Crippen LogP contribution in [0.25, 0.3) is 0 Å². The second kappa shape index (κ2) is 7.34. The lowest BCUT2D eigenvalue weighted by Gasteiger charge is -2.35. The van der Waals surface area contributed by atoms with E-state index in [-0.39, 0.29) is 0 Å². The van der Waals surface area contributed by atoms with Gasteiger partial charge >= 0.3 is 12.1 Å². The van der Waals surface area contributed by atoms with Crippen molar-refractivity contribution in [2.24, 2.45) is 11.3 Å². The van der Waals surface area contributed by atoms with Crippen molar-refractivity contribution in [3.63, 3.8) is 0 Å². The van der Waals surface area contributed by atoms with E-state index < -0.39 is 23.7 Å². The molecule has 1 amide bonds. The fraction of sp³-hybridized carbons (Fsp3) is 0.882. The van der Waals surface area contributed by atoms with Crippen LogP contribution in [0.3, 0.4) is 0 Å². The van der Waals surface area contributed by atoms with Crippen molar-refractivity contribution < 1.29 is 19.1 Å². The summed E-state index contributed by atoms with van der Waals surface area (Å²) in [7, 11) is 1.34. The first-order valence-corrected chi connectivity index (χ1v) is 8.10. The summed E-state index contributed by atoms with van der Waals surface area (Å²) in [4.78, 5) is 23.8. The molecule has 5 heteroatoms. The van der Waals surface area contributed by atoms with Crippen molar-refractivity contribution in [2.45, 2.75) is 78.4 Å². The third kappa shape index (κ3) is 6.67. The van der Waals surface area contributed by atoms with Crippen LogP contribution in [0.15, 0.2) is 0 Å². The van der Waals surface area contributed by atoms with Crippen LogP contribution in [0, 0.1) is 11.3 Å². The second-order valence-corrected chi connectivity index (χ2v) is 8.07. The van der Waals surface area contributed by atoms with Gasteiger partial charge in [-0.15, -0.1) is 0 Å². The Hall–Kier alpha value is -1.26. The monoisotopic (exact) mass is 313 g/mol. The molecule has 0 aromatic rings. The molecule has 1 rings (SSSR count). The van der Waals surface area contributed by atoms with Gasteiger partial charge in [0.2, 0.25) is 0 Å². The number of ether oxygens (including phenoxy) is 2. The number of methoxy groups -OCH3 is 1. The van der Waals surface area contributed by atoms with E-state index in [0.29, 0.717) is 17.8 Å². The fourth-order valence-electron chi connectivity index (χ4n) is 2.83. The van der Waals surface area contributed by atoms with Crippen molar-refractivity contribution in [3.05, 3.63) is 0 Å². The van der Waals surface area contributed by atoms with Gasteiger partial charge in [0.25, 0.3) is 0 Å². The molecule has 0 aromatic carbocycles. The first kappa shape index (κ1) is 18.8. The van der Waals surface area contributed by atoms with Crippen molar-refractivity contribution in [2.75, 3.05) is 7.11 Å². The molecule has 1 atom stereocenters. The summed E-state index contributed by atoms with van der Waals surface area (Å²) in [5.74, 6) is 0.0303. The van der Waals surface area contributed by atoms with E-state index in [2.05, 4.69) is 19.2 Å². The van der Waals surface area contributed by atoms with Crippen LogP contribution in [-0.2, 0) is 14.3 Å². The van der Waals surface area contributed by atoms with Crippen LogP contribution in [0.5, 0.6) is 0 Å². The highest BCUT2D eigenvalue weighted by atomic mass is 16.6. The van der Waals surface area contributed by atoms with E-state index in [1.165, 1.54) is 7.11 Å². The molecule has 0 heterocycles. The van der Waals surface area contributed by atoms with Gasteiger partial charge in [-0.25, -0.2) is 9.59 Å². The number of rotatable bonds is 4. The summed E-state index contributed by atoms with van der Waals surface area (Å²) < 4.78 is 10.0. The zero-order chi connectivity index (χ0) is 17.0. The first-order chi connectivity index (χ1) is 10.0. The summed E-state index contributed by atoms with van der Waals surface area (Å²) in [6.45, 7) is 9.94. The third-order valence-electron chi connectivity index (χ3n) is 4.20. The molecule has 0 saturated heterocycles. The molecule has 1 unspecified atom stereocenters.